The Kier molecular flexibility index (Phi) is 9.27. The van der Waals surface area contributed by atoms with Gasteiger partial charge in [-0.1, -0.05) is 61.5 Å². The maximum atomic E-state index is 13.7. The standard InChI is InChI=1S/C27H30F2N2O3/c1-2-18-7-6-8-19(11-18)16-30-17-25(32)24(14-20-12-22(28)15-23(29)13-20)31-27(34)26(33)21-9-4-3-5-10-21/h3-13,15,24-26,30,32-33H,2,14,16-17H2,1H3,(H,31,34)/t24-,25-,26-/m0/s1. The summed E-state index contributed by atoms with van der Waals surface area (Å²) in [5.74, 6) is -2.19. The predicted molar refractivity (Wildman–Crippen MR) is 127 cm³/mol. The topological polar surface area (TPSA) is 81.6 Å². The molecule has 0 saturated carbocycles. The van der Waals surface area contributed by atoms with Crippen LogP contribution in [0.15, 0.2) is 72.8 Å². The zero-order valence-electron chi connectivity index (χ0n) is 19.0. The molecule has 0 aliphatic rings. The summed E-state index contributed by atoms with van der Waals surface area (Å²) in [4.78, 5) is 12.7. The van der Waals surface area contributed by atoms with Crippen molar-refractivity contribution < 1.29 is 23.8 Å². The van der Waals surface area contributed by atoms with E-state index < -0.39 is 35.8 Å². The minimum atomic E-state index is -1.44. The van der Waals surface area contributed by atoms with E-state index in [0.29, 0.717) is 12.1 Å². The van der Waals surface area contributed by atoms with E-state index in [4.69, 9.17) is 0 Å². The Morgan fingerprint density at radius 3 is 2.24 bits per heavy atom. The predicted octanol–water partition coefficient (Wildman–Crippen LogP) is 3.44. The third-order valence-corrected chi connectivity index (χ3v) is 5.62. The molecule has 180 valence electrons. The molecular formula is C27H30F2N2O3. The first kappa shape index (κ1) is 25.5. The fourth-order valence-electron chi connectivity index (χ4n) is 3.78. The smallest absolute Gasteiger partial charge is 0.253 e. The second kappa shape index (κ2) is 12.4. The lowest BCUT2D eigenvalue weighted by Gasteiger charge is -2.26. The van der Waals surface area contributed by atoms with Gasteiger partial charge in [-0.15, -0.1) is 0 Å². The third-order valence-electron chi connectivity index (χ3n) is 5.62. The van der Waals surface area contributed by atoms with Gasteiger partial charge in [0.25, 0.3) is 5.91 Å². The molecule has 3 aromatic carbocycles. The van der Waals surface area contributed by atoms with Crippen molar-refractivity contribution in [1.82, 2.24) is 10.6 Å². The highest BCUT2D eigenvalue weighted by Gasteiger charge is 2.26. The molecule has 5 nitrogen and oxygen atoms in total. The van der Waals surface area contributed by atoms with E-state index in [-0.39, 0.29) is 18.5 Å². The zero-order chi connectivity index (χ0) is 24.5. The van der Waals surface area contributed by atoms with Gasteiger partial charge in [0.1, 0.15) is 11.6 Å². The van der Waals surface area contributed by atoms with E-state index >= 15 is 0 Å². The highest BCUT2D eigenvalue weighted by molar-refractivity contribution is 5.82. The van der Waals surface area contributed by atoms with Crippen LogP contribution in [0.25, 0.3) is 0 Å². The Balaban J connectivity index is 1.69. The van der Waals surface area contributed by atoms with Crippen LogP contribution in [-0.4, -0.2) is 34.8 Å². The van der Waals surface area contributed by atoms with Crippen LogP contribution in [-0.2, 0) is 24.2 Å². The summed E-state index contributed by atoms with van der Waals surface area (Å²) in [6.07, 6.45) is -1.62. The van der Waals surface area contributed by atoms with Gasteiger partial charge in [0, 0.05) is 19.2 Å². The number of aliphatic hydroxyl groups excluding tert-OH is 2. The lowest BCUT2D eigenvalue weighted by molar-refractivity contribution is -0.131. The van der Waals surface area contributed by atoms with Crippen molar-refractivity contribution in [3.63, 3.8) is 0 Å². The molecule has 0 unspecified atom stereocenters. The van der Waals surface area contributed by atoms with E-state index in [9.17, 15) is 23.8 Å². The maximum absolute atomic E-state index is 13.7. The molecule has 34 heavy (non-hydrogen) atoms. The summed E-state index contributed by atoms with van der Waals surface area (Å²) in [6, 6.07) is 18.6. The summed E-state index contributed by atoms with van der Waals surface area (Å²) in [5.41, 5.74) is 2.94. The molecule has 0 radical (unpaired) electrons. The van der Waals surface area contributed by atoms with Crippen molar-refractivity contribution in [2.24, 2.45) is 0 Å². The van der Waals surface area contributed by atoms with Crippen molar-refractivity contribution >= 4 is 5.91 Å². The molecule has 4 N–H and O–H groups in total. The highest BCUT2D eigenvalue weighted by Crippen LogP contribution is 2.16. The number of amides is 1. The number of carbonyl (C=O) groups excluding carboxylic acids is 1. The van der Waals surface area contributed by atoms with E-state index in [1.54, 1.807) is 30.3 Å². The van der Waals surface area contributed by atoms with E-state index in [2.05, 4.69) is 23.6 Å². The van der Waals surface area contributed by atoms with Crippen LogP contribution in [0.2, 0.25) is 0 Å². The molecule has 3 rings (SSSR count). The highest BCUT2D eigenvalue weighted by atomic mass is 19.1. The van der Waals surface area contributed by atoms with Crippen molar-refractivity contribution in [2.45, 2.75) is 44.6 Å². The van der Waals surface area contributed by atoms with Gasteiger partial charge < -0.3 is 20.8 Å². The number of rotatable bonds is 11. The monoisotopic (exact) mass is 468 g/mol. The second-order valence-electron chi connectivity index (χ2n) is 8.28. The van der Waals surface area contributed by atoms with Crippen LogP contribution in [0.4, 0.5) is 8.78 Å². The fourth-order valence-corrected chi connectivity index (χ4v) is 3.78. The number of aryl methyl sites for hydroxylation is 1. The number of benzene rings is 3. The first-order chi connectivity index (χ1) is 16.4. The van der Waals surface area contributed by atoms with Crippen molar-refractivity contribution in [2.75, 3.05) is 6.54 Å². The molecule has 1 amide bonds. The Morgan fingerprint density at radius 2 is 1.56 bits per heavy atom. The van der Waals surface area contributed by atoms with Crippen molar-refractivity contribution in [3.8, 4) is 0 Å². The first-order valence-corrected chi connectivity index (χ1v) is 11.3. The van der Waals surface area contributed by atoms with Crippen LogP contribution in [0, 0.1) is 11.6 Å². The normalized spacial score (nSPS) is 13.8. The third kappa shape index (κ3) is 7.45. The number of nitrogens with one attached hydrogen (secondary N) is 2. The summed E-state index contributed by atoms with van der Waals surface area (Å²) < 4.78 is 27.4. The van der Waals surface area contributed by atoms with E-state index in [1.807, 2.05) is 18.2 Å². The molecule has 0 aromatic heterocycles. The van der Waals surface area contributed by atoms with Crippen LogP contribution < -0.4 is 10.6 Å². The summed E-state index contributed by atoms with van der Waals surface area (Å²) in [7, 11) is 0. The molecule has 0 aliphatic carbocycles. The lowest BCUT2D eigenvalue weighted by Crippen LogP contribution is -2.50. The largest absolute Gasteiger partial charge is 0.390 e. The lowest BCUT2D eigenvalue weighted by atomic mass is 9.99. The molecule has 3 aromatic rings. The van der Waals surface area contributed by atoms with Gasteiger partial charge >= 0.3 is 0 Å². The average molecular weight is 469 g/mol. The molecule has 3 atom stereocenters. The van der Waals surface area contributed by atoms with Crippen LogP contribution in [0.3, 0.4) is 0 Å². The quantitative estimate of drug-likeness (QED) is 0.348. The average Bonchev–Trinajstić information content (AvgIpc) is 2.83. The number of hydrogen-bond donors (Lipinski definition) is 4. The van der Waals surface area contributed by atoms with Crippen LogP contribution in [0.1, 0.15) is 35.3 Å². The fraction of sp³-hybridized carbons (Fsp3) is 0.296. The van der Waals surface area contributed by atoms with Gasteiger partial charge in [0.15, 0.2) is 6.10 Å². The molecule has 0 heterocycles. The molecular weight excluding hydrogens is 438 g/mol. The van der Waals surface area contributed by atoms with Gasteiger partial charge in [-0.3, -0.25) is 4.79 Å². The van der Waals surface area contributed by atoms with Crippen molar-refractivity contribution in [3.05, 3.63) is 107 Å². The van der Waals surface area contributed by atoms with Gasteiger partial charge in [-0.05, 0) is 47.2 Å². The molecule has 0 aliphatic heterocycles. The zero-order valence-corrected chi connectivity index (χ0v) is 19.0. The Hall–Kier alpha value is -3.13. The van der Waals surface area contributed by atoms with Gasteiger partial charge in [-0.25, -0.2) is 8.78 Å². The van der Waals surface area contributed by atoms with Crippen molar-refractivity contribution in [1.29, 1.82) is 0 Å². The Bertz CT molecular complexity index is 1060. The molecule has 7 heteroatoms. The molecule has 0 fully saturated rings. The summed E-state index contributed by atoms with van der Waals surface area (Å²) >= 11 is 0. The summed E-state index contributed by atoms with van der Waals surface area (Å²) in [5, 5.41) is 27.1. The SMILES string of the molecule is CCc1cccc(CNC[C@H](O)[C@H](Cc2cc(F)cc(F)c2)NC(=O)[C@@H](O)c2ccccc2)c1. The Morgan fingerprint density at radius 1 is 0.882 bits per heavy atom. The van der Waals surface area contributed by atoms with Crippen LogP contribution in [0.5, 0.6) is 0 Å². The minimum absolute atomic E-state index is 0.0178. The number of hydrogen-bond acceptors (Lipinski definition) is 4. The van der Waals surface area contributed by atoms with E-state index in [0.717, 1.165) is 30.2 Å². The van der Waals surface area contributed by atoms with Crippen LogP contribution >= 0.6 is 0 Å². The minimum Gasteiger partial charge on any atom is -0.390 e. The molecule has 0 spiro atoms. The molecule has 0 saturated heterocycles. The maximum Gasteiger partial charge on any atom is 0.253 e. The Labute approximate surface area is 198 Å². The number of halogens is 2. The second-order valence-corrected chi connectivity index (χ2v) is 8.28. The molecule has 0 bridgehead atoms. The van der Waals surface area contributed by atoms with E-state index in [1.165, 1.54) is 5.56 Å². The van der Waals surface area contributed by atoms with Gasteiger partial charge in [0.2, 0.25) is 0 Å². The van der Waals surface area contributed by atoms with Gasteiger partial charge in [0.05, 0.1) is 12.1 Å². The van der Waals surface area contributed by atoms with Gasteiger partial charge in [-0.2, -0.15) is 0 Å². The number of aliphatic hydroxyl groups is 2. The first-order valence-electron chi connectivity index (χ1n) is 11.3. The number of carbonyl (C=O) groups is 1. The summed E-state index contributed by atoms with van der Waals surface area (Å²) in [6.45, 7) is 2.70.